The minimum absolute atomic E-state index is 0.0750. The average Bonchev–Trinajstić information content (AvgIpc) is 3.27. The molecule has 7 heteroatoms. The van der Waals surface area contributed by atoms with Gasteiger partial charge in [0.15, 0.2) is 5.82 Å². The lowest BCUT2D eigenvalue weighted by atomic mass is 10.1. The molecular formula is C28H36N6O. The summed E-state index contributed by atoms with van der Waals surface area (Å²) in [5.41, 5.74) is 5.70. The van der Waals surface area contributed by atoms with E-state index in [1.165, 1.54) is 18.5 Å². The number of aromatic nitrogens is 2. The van der Waals surface area contributed by atoms with Crippen molar-refractivity contribution < 1.29 is 4.79 Å². The molecule has 2 aromatic carbocycles. The van der Waals surface area contributed by atoms with Crippen LogP contribution >= 0.6 is 0 Å². The normalized spacial score (nSPS) is 15.5. The van der Waals surface area contributed by atoms with Gasteiger partial charge in [-0.05, 0) is 78.0 Å². The van der Waals surface area contributed by atoms with Crippen molar-refractivity contribution in [2.24, 2.45) is 0 Å². The van der Waals surface area contributed by atoms with Crippen molar-refractivity contribution in [2.45, 2.75) is 39.7 Å². The maximum Gasteiger partial charge on any atom is 0.251 e. The summed E-state index contributed by atoms with van der Waals surface area (Å²) in [6.07, 6.45) is 2.48. The Kier molecular flexibility index (Phi) is 7.66. The second kappa shape index (κ2) is 10.9. The fourth-order valence-electron chi connectivity index (χ4n) is 4.36. The zero-order chi connectivity index (χ0) is 24.9. The number of carbonyl (C=O) groups excluding carboxylic acids is 1. The molecule has 0 radical (unpaired) electrons. The first-order valence-electron chi connectivity index (χ1n) is 12.3. The number of carbonyl (C=O) groups is 1. The van der Waals surface area contributed by atoms with Crippen LogP contribution in [0.4, 0.5) is 17.2 Å². The second-order valence-corrected chi connectivity index (χ2v) is 9.60. The number of nitrogens with zero attached hydrogens (tertiary/aromatic N) is 4. The minimum Gasteiger partial charge on any atom is -0.369 e. The van der Waals surface area contributed by atoms with Crippen molar-refractivity contribution in [3.8, 4) is 11.4 Å². The van der Waals surface area contributed by atoms with E-state index in [0.717, 1.165) is 41.4 Å². The van der Waals surface area contributed by atoms with E-state index in [9.17, 15) is 4.79 Å². The van der Waals surface area contributed by atoms with E-state index >= 15 is 0 Å². The van der Waals surface area contributed by atoms with Crippen molar-refractivity contribution >= 4 is 23.1 Å². The Balaban J connectivity index is 1.52. The zero-order valence-corrected chi connectivity index (χ0v) is 21.4. The van der Waals surface area contributed by atoms with Crippen LogP contribution in [0, 0.1) is 13.8 Å². The van der Waals surface area contributed by atoms with E-state index in [1.54, 1.807) is 0 Å². The molecule has 0 saturated carbocycles. The predicted octanol–water partition coefficient (Wildman–Crippen LogP) is 4.78. The fourth-order valence-corrected chi connectivity index (χ4v) is 4.36. The Hall–Kier alpha value is -3.45. The number of benzene rings is 2. The first-order chi connectivity index (χ1) is 16.8. The fraction of sp³-hybridized carbons (Fsp3) is 0.393. The number of nitrogens with one attached hydrogen (secondary N) is 2. The van der Waals surface area contributed by atoms with Gasteiger partial charge in [-0.25, -0.2) is 9.97 Å². The van der Waals surface area contributed by atoms with E-state index in [2.05, 4.69) is 46.7 Å². The molecule has 4 rings (SSSR count). The van der Waals surface area contributed by atoms with Crippen LogP contribution in [-0.4, -0.2) is 60.5 Å². The number of rotatable bonds is 8. The molecule has 35 heavy (non-hydrogen) atoms. The summed E-state index contributed by atoms with van der Waals surface area (Å²) in [4.78, 5) is 26.5. The van der Waals surface area contributed by atoms with Crippen LogP contribution < -0.4 is 15.5 Å². The molecule has 1 aliphatic rings. The lowest BCUT2D eigenvalue weighted by molar-refractivity contribution is 0.0951. The summed E-state index contributed by atoms with van der Waals surface area (Å²) in [6, 6.07) is 16.6. The average molecular weight is 473 g/mol. The van der Waals surface area contributed by atoms with Crippen LogP contribution in [0.2, 0.25) is 0 Å². The van der Waals surface area contributed by atoms with Crippen molar-refractivity contribution in [1.29, 1.82) is 0 Å². The van der Waals surface area contributed by atoms with Gasteiger partial charge < -0.3 is 20.4 Å². The molecule has 1 amide bonds. The van der Waals surface area contributed by atoms with Gasteiger partial charge in [-0.3, -0.25) is 4.79 Å². The van der Waals surface area contributed by atoms with Crippen molar-refractivity contribution in [3.63, 3.8) is 0 Å². The third kappa shape index (κ3) is 5.98. The van der Waals surface area contributed by atoms with E-state index in [0.29, 0.717) is 24.0 Å². The second-order valence-electron chi connectivity index (χ2n) is 9.60. The minimum atomic E-state index is -0.0750. The maximum absolute atomic E-state index is 12.4. The number of hydrogen-bond donors (Lipinski definition) is 2. The predicted molar refractivity (Wildman–Crippen MR) is 144 cm³/mol. The molecule has 0 bridgehead atoms. The standard InChI is InChI=1S/C28H36N6O/c1-19-8-7-16-34(19)25-10-6-9-24(18-25)31-26-20(2)21(3)30-27(32-26)22-11-13-23(14-12-22)28(35)29-15-17-33(4)5/h6,9-14,18-19H,7-8,15-17H2,1-5H3,(H,29,35)(H,30,31,32). The number of aryl methyl sites for hydroxylation is 1. The van der Waals surface area contributed by atoms with Gasteiger partial charge >= 0.3 is 0 Å². The molecule has 0 aliphatic carbocycles. The van der Waals surface area contributed by atoms with Crippen LogP contribution in [0.25, 0.3) is 11.4 Å². The van der Waals surface area contributed by atoms with Gasteiger partial charge in [0.2, 0.25) is 0 Å². The van der Waals surface area contributed by atoms with Gasteiger partial charge in [0.05, 0.1) is 0 Å². The van der Waals surface area contributed by atoms with Gasteiger partial charge in [-0.1, -0.05) is 18.2 Å². The third-order valence-electron chi connectivity index (χ3n) is 6.63. The van der Waals surface area contributed by atoms with Crippen molar-refractivity contribution in [3.05, 3.63) is 65.4 Å². The SMILES string of the molecule is Cc1nc(-c2ccc(C(=O)NCCN(C)C)cc2)nc(Nc2cccc(N3CCCC3C)c2)c1C. The van der Waals surface area contributed by atoms with Gasteiger partial charge in [-0.2, -0.15) is 0 Å². The van der Waals surface area contributed by atoms with E-state index in [-0.39, 0.29) is 5.91 Å². The Morgan fingerprint density at radius 3 is 2.57 bits per heavy atom. The van der Waals surface area contributed by atoms with Crippen LogP contribution in [0.15, 0.2) is 48.5 Å². The summed E-state index contributed by atoms with van der Waals surface area (Å²) < 4.78 is 0. The first kappa shape index (κ1) is 24.7. The molecule has 1 saturated heterocycles. The lowest BCUT2D eigenvalue weighted by Gasteiger charge is -2.24. The first-order valence-corrected chi connectivity index (χ1v) is 12.3. The lowest BCUT2D eigenvalue weighted by Crippen LogP contribution is -2.31. The molecule has 1 atom stereocenters. The monoisotopic (exact) mass is 472 g/mol. The topological polar surface area (TPSA) is 73.4 Å². The van der Waals surface area contributed by atoms with E-state index < -0.39 is 0 Å². The number of hydrogen-bond acceptors (Lipinski definition) is 6. The smallest absolute Gasteiger partial charge is 0.251 e. The highest BCUT2D eigenvalue weighted by molar-refractivity contribution is 5.94. The number of likely N-dealkylation sites (N-methyl/N-ethyl adjacent to an activating group) is 1. The zero-order valence-electron chi connectivity index (χ0n) is 21.4. The quantitative estimate of drug-likeness (QED) is 0.491. The molecular weight excluding hydrogens is 436 g/mol. The summed E-state index contributed by atoms with van der Waals surface area (Å²) in [7, 11) is 3.97. The molecule has 2 heterocycles. The highest BCUT2D eigenvalue weighted by Gasteiger charge is 2.20. The van der Waals surface area contributed by atoms with E-state index in [1.807, 2.05) is 57.1 Å². The Bertz CT molecular complexity index is 1170. The van der Waals surface area contributed by atoms with Crippen LogP contribution in [0.5, 0.6) is 0 Å². The molecule has 1 aliphatic heterocycles. The maximum atomic E-state index is 12.4. The van der Waals surface area contributed by atoms with Crippen molar-refractivity contribution in [1.82, 2.24) is 20.2 Å². The Morgan fingerprint density at radius 2 is 1.89 bits per heavy atom. The van der Waals surface area contributed by atoms with Crippen LogP contribution in [0.1, 0.15) is 41.4 Å². The summed E-state index contributed by atoms with van der Waals surface area (Å²) >= 11 is 0. The van der Waals surface area contributed by atoms with Crippen LogP contribution in [0.3, 0.4) is 0 Å². The van der Waals surface area contributed by atoms with E-state index in [4.69, 9.17) is 9.97 Å². The van der Waals surface area contributed by atoms with Gasteiger partial charge in [0.1, 0.15) is 5.82 Å². The summed E-state index contributed by atoms with van der Waals surface area (Å²) in [6.45, 7) is 8.84. The molecule has 1 fully saturated rings. The number of anilines is 3. The molecule has 184 valence electrons. The largest absolute Gasteiger partial charge is 0.369 e. The number of amides is 1. The molecule has 1 unspecified atom stereocenters. The molecule has 3 aromatic rings. The molecule has 0 spiro atoms. The molecule has 7 nitrogen and oxygen atoms in total. The third-order valence-corrected chi connectivity index (χ3v) is 6.63. The van der Waals surface area contributed by atoms with Crippen LogP contribution in [-0.2, 0) is 0 Å². The molecule has 2 N–H and O–H groups in total. The highest BCUT2D eigenvalue weighted by atomic mass is 16.1. The summed E-state index contributed by atoms with van der Waals surface area (Å²) in [5.74, 6) is 1.36. The van der Waals surface area contributed by atoms with Gasteiger partial charge in [-0.15, -0.1) is 0 Å². The summed E-state index contributed by atoms with van der Waals surface area (Å²) in [5, 5.41) is 6.46. The highest BCUT2D eigenvalue weighted by Crippen LogP contribution is 2.30. The van der Waals surface area contributed by atoms with Gasteiger partial charge in [0.25, 0.3) is 5.91 Å². The Labute approximate surface area is 208 Å². The van der Waals surface area contributed by atoms with Crippen molar-refractivity contribution in [2.75, 3.05) is 43.9 Å². The Morgan fingerprint density at radius 1 is 1.11 bits per heavy atom. The van der Waals surface area contributed by atoms with Gasteiger partial charge in [0, 0.05) is 59.4 Å². The molecule has 1 aromatic heterocycles.